The summed E-state index contributed by atoms with van der Waals surface area (Å²) < 4.78 is 1.83. The molecule has 0 atom stereocenters. The highest BCUT2D eigenvalue weighted by atomic mass is 32.2. The molecular weight excluding hydrogens is 268 g/mol. The molecule has 1 aromatic carbocycles. The van der Waals surface area contributed by atoms with Crippen LogP contribution in [-0.2, 0) is 5.75 Å². The van der Waals surface area contributed by atoms with Crippen molar-refractivity contribution in [3.63, 3.8) is 0 Å². The van der Waals surface area contributed by atoms with Crippen molar-refractivity contribution in [2.45, 2.75) is 17.7 Å². The van der Waals surface area contributed by atoms with Crippen LogP contribution in [0.3, 0.4) is 0 Å². The largest absolute Gasteiger partial charge is 0.296 e. The SMILES string of the molecule is Cc1ccccc1CSc1nc2ccccn2c1C=O. The first-order valence-electron chi connectivity index (χ1n) is 6.39. The van der Waals surface area contributed by atoms with Gasteiger partial charge in [-0.1, -0.05) is 42.1 Å². The second-order valence-corrected chi connectivity index (χ2v) is 5.53. The molecule has 0 saturated heterocycles. The number of carbonyl (C=O) groups is 1. The number of imidazole rings is 1. The van der Waals surface area contributed by atoms with Gasteiger partial charge in [0, 0.05) is 11.9 Å². The van der Waals surface area contributed by atoms with Crippen LogP contribution in [0.2, 0.25) is 0 Å². The third-order valence-corrected chi connectivity index (χ3v) is 4.30. The Kier molecular flexibility index (Phi) is 3.56. The van der Waals surface area contributed by atoms with Crippen LogP contribution in [0.15, 0.2) is 53.7 Å². The van der Waals surface area contributed by atoms with E-state index in [1.165, 1.54) is 11.1 Å². The number of aryl methyl sites for hydroxylation is 1. The van der Waals surface area contributed by atoms with E-state index in [4.69, 9.17) is 0 Å². The molecule has 0 bridgehead atoms. The van der Waals surface area contributed by atoms with Crippen molar-refractivity contribution in [2.24, 2.45) is 0 Å². The summed E-state index contributed by atoms with van der Waals surface area (Å²) in [4.78, 5) is 15.8. The van der Waals surface area contributed by atoms with E-state index >= 15 is 0 Å². The molecule has 4 heteroatoms. The van der Waals surface area contributed by atoms with Gasteiger partial charge in [-0.2, -0.15) is 0 Å². The molecule has 0 amide bonds. The van der Waals surface area contributed by atoms with E-state index in [-0.39, 0.29) is 0 Å². The van der Waals surface area contributed by atoms with Crippen LogP contribution < -0.4 is 0 Å². The molecule has 0 saturated carbocycles. The van der Waals surface area contributed by atoms with Crippen molar-refractivity contribution in [2.75, 3.05) is 0 Å². The number of hydrogen-bond donors (Lipinski definition) is 0. The Morgan fingerprint density at radius 2 is 2.00 bits per heavy atom. The number of pyridine rings is 1. The highest BCUT2D eigenvalue weighted by molar-refractivity contribution is 7.98. The molecule has 3 nitrogen and oxygen atoms in total. The Balaban J connectivity index is 1.91. The molecule has 0 aliphatic rings. The minimum atomic E-state index is 0.624. The van der Waals surface area contributed by atoms with Gasteiger partial charge < -0.3 is 0 Å². The van der Waals surface area contributed by atoms with Crippen LogP contribution in [0.4, 0.5) is 0 Å². The fourth-order valence-electron chi connectivity index (χ4n) is 2.12. The van der Waals surface area contributed by atoms with E-state index < -0.39 is 0 Å². The summed E-state index contributed by atoms with van der Waals surface area (Å²) in [6.07, 6.45) is 2.74. The topological polar surface area (TPSA) is 34.4 Å². The van der Waals surface area contributed by atoms with Crippen LogP contribution in [0.1, 0.15) is 21.6 Å². The van der Waals surface area contributed by atoms with Crippen LogP contribution in [-0.4, -0.2) is 15.7 Å². The molecular formula is C16H14N2OS. The summed E-state index contributed by atoms with van der Waals surface area (Å²) >= 11 is 1.60. The van der Waals surface area contributed by atoms with Gasteiger partial charge in [0.05, 0.1) is 0 Å². The Bertz CT molecular complexity index is 764. The van der Waals surface area contributed by atoms with Gasteiger partial charge in [0.1, 0.15) is 16.4 Å². The molecule has 2 aromatic heterocycles. The molecule has 100 valence electrons. The first-order valence-corrected chi connectivity index (χ1v) is 7.37. The van der Waals surface area contributed by atoms with Crippen molar-refractivity contribution < 1.29 is 4.79 Å². The second kappa shape index (κ2) is 5.51. The van der Waals surface area contributed by atoms with E-state index in [1.54, 1.807) is 11.8 Å². The van der Waals surface area contributed by atoms with Crippen LogP contribution in [0.25, 0.3) is 5.65 Å². The number of rotatable bonds is 4. The lowest BCUT2D eigenvalue weighted by atomic mass is 10.1. The molecule has 0 radical (unpaired) electrons. The van der Waals surface area contributed by atoms with E-state index in [1.807, 2.05) is 40.9 Å². The standard InChI is InChI=1S/C16H14N2OS/c1-12-6-2-3-7-13(12)11-20-16-14(10-19)18-9-5-4-8-15(18)17-16/h2-10H,11H2,1H3. The van der Waals surface area contributed by atoms with E-state index in [0.717, 1.165) is 22.7 Å². The van der Waals surface area contributed by atoms with Crippen molar-refractivity contribution in [3.05, 3.63) is 65.5 Å². The molecule has 3 rings (SSSR count). The molecule has 0 spiro atoms. The first kappa shape index (κ1) is 12.9. The lowest BCUT2D eigenvalue weighted by Gasteiger charge is -2.03. The lowest BCUT2D eigenvalue weighted by Crippen LogP contribution is -1.91. The molecule has 0 fully saturated rings. The number of benzene rings is 1. The van der Waals surface area contributed by atoms with Gasteiger partial charge in [-0.25, -0.2) is 4.98 Å². The number of fused-ring (bicyclic) bond motifs is 1. The van der Waals surface area contributed by atoms with Crippen LogP contribution in [0, 0.1) is 6.92 Å². The van der Waals surface area contributed by atoms with Gasteiger partial charge in [0.2, 0.25) is 0 Å². The minimum absolute atomic E-state index is 0.624. The normalized spacial score (nSPS) is 10.8. The van der Waals surface area contributed by atoms with Gasteiger partial charge in [0.15, 0.2) is 6.29 Å². The summed E-state index contributed by atoms with van der Waals surface area (Å²) in [6.45, 7) is 2.10. The monoisotopic (exact) mass is 282 g/mol. The third-order valence-electron chi connectivity index (χ3n) is 3.27. The maximum atomic E-state index is 11.3. The summed E-state index contributed by atoms with van der Waals surface area (Å²) in [5.41, 5.74) is 3.96. The van der Waals surface area contributed by atoms with Crippen LogP contribution >= 0.6 is 11.8 Å². The zero-order valence-corrected chi connectivity index (χ0v) is 11.9. The summed E-state index contributed by atoms with van der Waals surface area (Å²) in [5, 5.41) is 0.787. The van der Waals surface area contributed by atoms with E-state index in [2.05, 4.69) is 24.0 Å². The molecule has 20 heavy (non-hydrogen) atoms. The molecule has 0 N–H and O–H groups in total. The van der Waals surface area contributed by atoms with Crippen LogP contribution in [0.5, 0.6) is 0 Å². The Labute approximate surface area is 121 Å². The summed E-state index contributed by atoms with van der Waals surface area (Å²) in [6, 6.07) is 14.0. The predicted octanol–water partition coefficient (Wildman–Crippen LogP) is 3.75. The smallest absolute Gasteiger partial charge is 0.169 e. The van der Waals surface area contributed by atoms with E-state index in [9.17, 15) is 4.79 Å². The Morgan fingerprint density at radius 1 is 1.20 bits per heavy atom. The molecule has 0 unspecified atom stereocenters. The maximum Gasteiger partial charge on any atom is 0.169 e. The quantitative estimate of drug-likeness (QED) is 0.540. The Hall–Kier alpha value is -2.07. The highest BCUT2D eigenvalue weighted by Crippen LogP contribution is 2.26. The van der Waals surface area contributed by atoms with Gasteiger partial charge in [-0.3, -0.25) is 9.20 Å². The zero-order chi connectivity index (χ0) is 13.9. The molecule has 0 aliphatic heterocycles. The fourth-order valence-corrected chi connectivity index (χ4v) is 3.19. The summed E-state index contributed by atoms with van der Waals surface area (Å²) in [5.74, 6) is 0.817. The molecule has 2 heterocycles. The lowest BCUT2D eigenvalue weighted by molar-refractivity contribution is 0.111. The first-order chi connectivity index (χ1) is 9.79. The van der Waals surface area contributed by atoms with E-state index in [0.29, 0.717) is 5.69 Å². The number of aldehydes is 1. The summed E-state index contributed by atoms with van der Waals surface area (Å²) in [7, 11) is 0. The number of thioether (sulfide) groups is 1. The second-order valence-electron chi connectivity index (χ2n) is 4.56. The van der Waals surface area contributed by atoms with Crippen molar-refractivity contribution >= 4 is 23.7 Å². The zero-order valence-electron chi connectivity index (χ0n) is 11.1. The third kappa shape index (κ3) is 2.34. The van der Waals surface area contributed by atoms with Crippen molar-refractivity contribution in [1.82, 2.24) is 9.38 Å². The van der Waals surface area contributed by atoms with Gasteiger partial charge in [-0.15, -0.1) is 0 Å². The van der Waals surface area contributed by atoms with Gasteiger partial charge in [0.25, 0.3) is 0 Å². The average molecular weight is 282 g/mol. The maximum absolute atomic E-state index is 11.3. The average Bonchev–Trinajstić information content (AvgIpc) is 2.84. The number of nitrogens with zero attached hydrogens (tertiary/aromatic N) is 2. The van der Waals surface area contributed by atoms with Crippen molar-refractivity contribution in [3.8, 4) is 0 Å². The fraction of sp³-hybridized carbons (Fsp3) is 0.125. The van der Waals surface area contributed by atoms with Gasteiger partial charge >= 0.3 is 0 Å². The predicted molar refractivity (Wildman–Crippen MR) is 81.3 cm³/mol. The van der Waals surface area contributed by atoms with Crippen molar-refractivity contribution in [1.29, 1.82) is 0 Å². The molecule has 3 aromatic rings. The minimum Gasteiger partial charge on any atom is -0.296 e. The molecule has 0 aliphatic carbocycles. The van der Waals surface area contributed by atoms with Gasteiger partial charge in [-0.05, 0) is 30.2 Å². The highest BCUT2D eigenvalue weighted by Gasteiger charge is 2.11. The Morgan fingerprint density at radius 3 is 2.80 bits per heavy atom. The number of carbonyl (C=O) groups excluding carboxylic acids is 1. The number of aromatic nitrogens is 2. The number of hydrogen-bond acceptors (Lipinski definition) is 3.